The molecule has 0 aliphatic rings. The smallest absolute Gasteiger partial charge is 0.208 e. The van der Waals surface area contributed by atoms with Gasteiger partial charge in [-0.1, -0.05) is 11.6 Å². The van der Waals surface area contributed by atoms with E-state index >= 15 is 0 Å². The third-order valence-corrected chi connectivity index (χ3v) is 3.16. The number of rotatable bonds is 2. The highest BCUT2D eigenvalue weighted by molar-refractivity contribution is 9.10. The largest absolute Gasteiger partial charge is 0.439 e. The molecule has 0 bridgehead atoms. The monoisotopic (exact) mass is 286 g/mol. The first-order chi connectivity index (χ1) is 7.20. The van der Waals surface area contributed by atoms with E-state index in [1.54, 1.807) is 6.20 Å². The predicted octanol–water partition coefficient (Wildman–Crippen LogP) is 3.22. The van der Waals surface area contributed by atoms with Crippen LogP contribution < -0.4 is 5.73 Å². The number of aromatic nitrogens is 1. The third-order valence-electron chi connectivity index (χ3n) is 1.93. The van der Waals surface area contributed by atoms with Gasteiger partial charge in [0, 0.05) is 10.0 Å². The molecule has 1 heterocycles. The minimum Gasteiger partial charge on any atom is -0.439 e. The average Bonchev–Trinajstić information content (AvgIpc) is 2.70. The van der Waals surface area contributed by atoms with E-state index in [1.165, 1.54) is 0 Å². The Bertz CT molecular complexity index is 484. The molecule has 0 radical (unpaired) electrons. The van der Waals surface area contributed by atoms with Crippen LogP contribution in [0.3, 0.4) is 0 Å². The lowest BCUT2D eigenvalue weighted by Gasteiger charge is -1.99. The van der Waals surface area contributed by atoms with E-state index in [9.17, 15) is 0 Å². The van der Waals surface area contributed by atoms with Gasteiger partial charge in [-0.2, -0.15) is 0 Å². The van der Waals surface area contributed by atoms with Crippen LogP contribution in [-0.4, -0.2) is 4.98 Å². The van der Waals surface area contributed by atoms with Crippen molar-refractivity contribution >= 4 is 27.5 Å². The van der Waals surface area contributed by atoms with Gasteiger partial charge in [-0.25, -0.2) is 4.98 Å². The number of oxazole rings is 1. The Morgan fingerprint density at radius 2 is 2.27 bits per heavy atom. The summed E-state index contributed by atoms with van der Waals surface area (Å²) < 4.78 is 6.26. The summed E-state index contributed by atoms with van der Waals surface area (Å²) in [5, 5.41) is 0.637. The van der Waals surface area contributed by atoms with E-state index in [0.717, 1.165) is 10.0 Å². The molecule has 0 unspecified atom stereocenters. The molecule has 0 saturated heterocycles. The minimum atomic E-state index is 0.296. The standard InChI is InChI=1S/C10H8BrClN2O/c11-7-2-1-6(3-8(7)12)9-5-14-10(4-13)15-9/h1-3,5H,4,13H2. The normalized spacial score (nSPS) is 10.6. The van der Waals surface area contributed by atoms with Gasteiger partial charge in [0.1, 0.15) is 0 Å². The molecule has 2 N–H and O–H groups in total. The maximum Gasteiger partial charge on any atom is 0.208 e. The first-order valence-electron chi connectivity index (χ1n) is 4.31. The van der Waals surface area contributed by atoms with Gasteiger partial charge in [0.2, 0.25) is 5.89 Å². The van der Waals surface area contributed by atoms with Crippen molar-refractivity contribution in [3.63, 3.8) is 0 Å². The maximum atomic E-state index is 5.97. The molecule has 0 spiro atoms. The molecular formula is C10H8BrClN2O. The molecule has 0 amide bonds. The molecule has 78 valence electrons. The van der Waals surface area contributed by atoms with Crippen LogP contribution in [0.2, 0.25) is 5.02 Å². The van der Waals surface area contributed by atoms with Crippen LogP contribution >= 0.6 is 27.5 Å². The number of nitrogens with two attached hydrogens (primary N) is 1. The van der Waals surface area contributed by atoms with Crippen LogP contribution in [0.1, 0.15) is 5.89 Å². The summed E-state index contributed by atoms with van der Waals surface area (Å²) in [5.41, 5.74) is 6.29. The first-order valence-corrected chi connectivity index (χ1v) is 5.48. The zero-order chi connectivity index (χ0) is 10.8. The van der Waals surface area contributed by atoms with Crippen LogP contribution in [0.15, 0.2) is 33.3 Å². The Kier molecular flexibility index (Phi) is 3.09. The molecule has 2 rings (SSSR count). The Labute approximate surface area is 100 Å². The van der Waals surface area contributed by atoms with E-state index in [1.807, 2.05) is 18.2 Å². The molecule has 5 heteroatoms. The molecule has 0 aliphatic heterocycles. The summed E-state index contributed by atoms with van der Waals surface area (Å²) in [4.78, 5) is 4.02. The Balaban J connectivity index is 2.40. The van der Waals surface area contributed by atoms with Crippen molar-refractivity contribution in [1.29, 1.82) is 0 Å². The second-order valence-electron chi connectivity index (χ2n) is 2.95. The van der Waals surface area contributed by atoms with Gasteiger partial charge in [0.15, 0.2) is 5.76 Å². The predicted molar refractivity (Wildman–Crippen MR) is 62.5 cm³/mol. The van der Waals surface area contributed by atoms with Crippen LogP contribution in [0.5, 0.6) is 0 Å². The second kappa shape index (κ2) is 4.35. The van der Waals surface area contributed by atoms with E-state index in [4.69, 9.17) is 21.8 Å². The number of nitrogens with zero attached hydrogens (tertiary/aromatic N) is 1. The van der Waals surface area contributed by atoms with E-state index in [-0.39, 0.29) is 0 Å². The summed E-state index contributed by atoms with van der Waals surface area (Å²) in [6.45, 7) is 0.296. The van der Waals surface area contributed by atoms with Gasteiger partial charge < -0.3 is 10.2 Å². The van der Waals surface area contributed by atoms with Crippen molar-refractivity contribution in [1.82, 2.24) is 4.98 Å². The van der Waals surface area contributed by atoms with E-state index in [0.29, 0.717) is 23.2 Å². The number of hydrogen-bond donors (Lipinski definition) is 1. The quantitative estimate of drug-likeness (QED) is 0.922. The van der Waals surface area contributed by atoms with Crippen molar-refractivity contribution in [2.45, 2.75) is 6.54 Å². The molecule has 0 fully saturated rings. The summed E-state index contributed by atoms with van der Waals surface area (Å²) in [6, 6.07) is 5.57. The fraction of sp³-hybridized carbons (Fsp3) is 0.100. The van der Waals surface area contributed by atoms with Gasteiger partial charge in [0.25, 0.3) is 0 Å². The van der Waals surface area contributed by atoms with Crippen molar-refractivity contribution in [2.75, 3.05) is 0 Å². The van der Waals surface area contributed by atoms with Gasteiger partial charge in [-0.15, -0.1) is 0 Å². The Morgan fingerprint density at radius 3 is 2.87 bits per heavy atom. The highest BCUT2D eigenvalue weighted by Gasteiger charge is 2.06. The SMILES string of the molecule is NCc1ncc(-c2ccc(Br)c(Cl)c2)o1. The molecule has 0 saturated carbocycles. The number of benzene rings is 1. The van der Waals surface area contributed by atoms with Crippen molar-refractivity contribution < 1.29 is 4.42 Å². The maximum absolute atomic E-state index is 5.97. The summed E-state index contributed by atoms with van der Waals surface area (Å²) in [6.07, 6.45) is 1.64. The second-order valence-corrected chi connectivity index (χ2v) is 4.21. The lowest BCUT2D eigenvalue weighted by molar-refractivity contribution is 0.509. The topological polar surface area (TPSA) is 52.0 Å². The zero-order valence-electron chi connectivity index (χ0n) is 7.71. The summed E-state index contributed by atoms with van der Waals surface area (Å²) in [5.74, 6) is 1.19. The highest BCUT2D eigenvalue weighted by Crippen LogP contribution is 2.28. The number of hydrogen-bond acceptors (Lipinski definition) is 3. The Morgan fingerprint density at radius 1 is 1.47 bits per heavy atom. The fourth-order valence-corrected chi connectivity index (χ4v) is 1.61. The van der Waals surface area contributed by atoms with Crippen molar-refractivity contribution in [3.05, 3.63) is 39.8 Å². The first kappa shape index (κ1) is 10.7. The van der Waals surface area contributed by atoms with Crippen LogP contribution in [0.25, 0.3) is 11.3 Å². The molecule has 3 nitrogen and oxygen atoms in total. The molecule has 15 heavy (non-hydrogen) atoms. The highest BCUT2D eigenvalue weighted by atomic mass is 79.9. The van der Waals surface area contributed by atoms with E-state index in [2.05, 4.69) is 20.9 Å². The van der Waals surface area contributed by atoms with E-state index < -0.39 is 0 Å². The van der Waals surface area contributed by atoms with Gasteiger partial charge in [-0.05, 0) is 34.1 Å². The fourth-order valence-electron chi connectivity index (χ4n) is 1.19. The summed E-state index contributed by atoms with van der Waals surface area (Å²) in [7, 11) is 0. The summed E-state index contributed by atoms with van der Waals surface area (Å²) >= 11 is 9.29. The van der Waals surface area contributed by atoms with Crippen molar-refractivity contribution in [2.24, 2.45) is 5.73 Å². The van der Waals surface area contributed by atoms with Gasteiger partial charge in [-0.3, -0.25) is 0 Å². The molecule has 0 atom stereocenters. The molecular weight excluding hydrogens is 279 g/mol. The molecule has 2 aromatic rings. The molecule has 1 aromatic carbocycles. The van der Waals surface area contributed by atoms with Crippen LogP contribution in [0.4, 0.5) is 0 Å². The lowest BCUT2D eigenvalue weighted by Crippen LogP contribution is -1.94. The molecule has 0 aliphatic carbocycles. The van der Waals surface area contributed by atoms with Crippen LogP contribution in [0, 0.1) is 0 Å². The van der Waals surface area contributed by atoms with Gasteiger partial charge in [0.05, 0.1) is 17.8 Å². The third kappa shape index (κ3) is 2.22. The van der Waals surface area contributed by atoms with Crippen LogP contribution in [-0.2, 0) is 6.54 Å². The zero-order valence-corrected chi connectivity index (χ0v) is 10.0. The minimum absolute atomic E-state index is 0.296. The number of halogens is 2. The van der Waals surface area contributed by atoms with Gasteiger partial charge >= 0.3 is 0 Å². The average molecular weight is 288 g/mol. The molecule has 1 aromatic heterocycles. The van der Waals surface area contributed by atoms with Crippen molar-refractivity contribution in [3.8, 4) is 11.3 Å². The lowest BCUT2D eigenvalue weighted by atomic mass is 10.2. The Hall–Kier alpha value is -0.840.